The number of aliphatic carboxylic acids is 1. The van der Waals surface area contributed by atoms with Gasteiger partial charge in [0.15, 0.2) is 9.84 Å². The fourth-order valence-corrected chi connectivity index (χ4v) is 3.45. The molecule has 1 aliphatic heterocycles. The second kappa shape index (κ2) is 13.1. The van der Waals surface area contributed by atoms with Gasteiger partial charge >= 0.3 is 5.97 Å². The third-order valence-corrected chi connectivity index (χ3v) is 4.79. The van der Waals surface area contributed by atoms with Crippen molar-refractivity contribution in [3.8, 4) is 0 Å². The number of hydrogen-bond acceptors (Lipinski definition) is 6. The van der Waals surface area contributed by atoms with Gasteiger partial charge in [0.1, 0.15) is 0 Å². The zero-order chi connectivity index (χ0) is 17.9. The lowest BCUT2D eigenvalue weighted by Crippen LogP contribution is -2.39. The molecule has 0 bridgehead atoms. The van der Waals surface area contributed by atoms with Crippen molar-refractivity contribution in [2.75, 3.05) is 32.1 Å². The van der Waals surface area contributed by atoms with Crippen molar-refractivity contribution in [1.29, 1.82) is 0 Å². The predicted molar refractivity (Wildman–Crippen MR) is 105 cm³/mol. The van der Waals surface area contributed by atoms with Gasteiger partial charge in [-0.3, -0.25) is 4.79 Å². The van der Waals surface area contributed by atoms with E-state index in [-0.39, 0.29) is 17.5 Å². The summed E-state index contributed by atoms with van der Waals surface area (Å²) in [5, 5.41) is 17.6. The molecule has 0 saturated carbocycles. The largest absolute Gasteiger partial charge is 0.481 e. The highest BCUT2D eigenvalue weighted by molar-refractivity contribution is 15.0. The van der Waals surface area contributed by atoms with Gasteiger partial charge in [0.05, 0.1) is 23.5 Å². The minimum Gasteiger partial charge on any atom is -0.481 e. The van der Waals surface area contributed by atoms with E-state index in [1.54, 1.807) is 6.92 Å². The van der Waals surface area contributed by atoms with Gasteiger partial charge in [-0.05, 0) is 33.9 Å². The van der Waals surface area contributed by atoms with E-state index in [1.807, 2.05) is 19.0 Å². The summed E-state index contributed by atoms with van der Waals surface area (Å²) in [6.07, 6.45) is 0.577. The Morgan fingerprint density at radius 3 is 2.14 bits per heavy atom. The average molecular weight is 564 g/mol. The third-order valence-electron chi connectivity index (χ3n) is 2.97. The molecule has 0 aromatic carbocycles. The van der Waals surface area contributed by atoms with Crippen molar-refractivity contribution in [1.82, 2.24) is 4.90 Å². The number of carbonyl (C=O) groups is 1. The Morgan fingerprint density at radius 2 is 1.91 bits per heavy atom. The smallest absolute Gasteiger partial charge is 0.307 e. The molecule has 1 saturated heterocycles. The first-order chi connectivity index (χ1) is 10.0. The van der Waals surface area contributed by atoms with Crippen LogP contribution < -0.4 is 5.73 Å². The lowest BCUT2D eigenvalue weighted by Gasteiger charge is -2.18. The topological polar surface area (TPSA) is 121 Å². The average Bonchev–Trinajstić information content (AvgIpc) is 2.39. The monoisotopic (exact) mass is 564 g/mol. The molecule has 1 rings (SSSR count). The van der Waals surface area contributed by atoms with E-state index >= 15 is 0 Å². The maximum absolute atomic E-state index is 10.9. The Hall–Kier alpha value is 0.760. The second-order valence-corrected chi connectivity index (χ2v) is 7.71. The maximum atomic E-state index is 10.9. The van der Waals surface area contributed by atoms with Gasteiger partial charge in [0.25, 0.3) is 0 Å². The van der Waals surface area contributed by atoms with E-state index in [0.29, 0.717) is 19.4 Å². The van der Waals surface area contributed by atoms with E-state index < -0.39 is 27.8 Å². The molecular formula is C12H26I2N2O5S. The number of hydrogen-bond donors (Lipinski definition) is 3. The van der Waals surface area contributed by atoms with Crippen LogP contribution >= 0.6 is 37.2 Å². The van der Waals surface area contributed by atoms with Gasteiger partial charge in [-0.1, -0.05) is 0 Å². The van der Waals surface area contributed by atoms with E-state index in [9.17, 15) is 13.2 Å². The standard InChI is InChI=1S/C6H16N2O.C6H10O4S.I2/c1-5(7)6(9)4-8(2)3;7-6(8)5-2-1-3-11(9,10)4-5;1-2/h5-6,9H,4,7H2,1-3H3;5H,1-4H2,(H,7,8);/t5-,6+;;/m0../s1. The summed E-state index contributed by atoms with van der Waals surface area (Å²) >= 11 is 4.24. The molecule has 0 aromatic rings. The zero-order valence-electron chi connectivity index (χ0n) is 13.1. The summed E-state index contributed by atoms with van der Waals surface area (Å²) in [6, 6.07) is -0.132. The van der Waals surface area contributed by atoms with Gasteiger partial charge in [-0.2, -0.15) is 0 Å². The minimum absolute atomic E-state index is 0.132. The normalized spacial score (nSPS) is 22.5. The number of sulfone groups is 1. The van der Waals surface area contributed by atoms with Crippen LogP contribution in [-0.2, 0) is 14.6 Å². The fraction of sp³-hybridized carbons (Fsp3) is 0.917. The van der Waals surface area contributed by atoms with Crippen molar-refractivity contribution >= 4 is 53.0 Å². The van der Waals surface area contributed by atoms with Crippen LogP contribution in [0.15, 0.2) is 0 Å². The molecule has 0 aliphatic carbocycles. The molecule has 0 aromatic heterocycles. The minimum atomic E-state index is -3.06. The Balaban J connectivity index is 0. The summed E-state index contributed by atoms with van der Waals surface area (Å²) in [4.78, 5) is 12.3. The van der Waals surface area contributed by atoms with Crippen molar-refractivity contribution < 1.29 is 23.4 Å². The van der Waals surface area contributed by atoms with Crippen LogP contribution in [0, 0.1) is 5.92 Å². The third kappa shape index (κ3) is 13.2. The van der Waals surface area contributed by atoms with Crippen LogP contribution in [0.3, 0.4) is 0 Å². The van der Waals surface area contributed by atoms with E-state index in [4.69, 9.17) is 15.9 Å². The number of likely N-dealkylation sites (N-methyl/N-ethyl adjacent to an activating group) is 1. The summed E-state index contributed by atoms with van der Waals surface area (Å²) in [5.74, 6) is -1.69. The summed E-state index contributed by atoms with van der Waals surface area (Å²) < 4.78 is 21.8. The molecule has 0 amide bonds. The van der Waals surface area contributed by atoms with Crippen molar-refractivity contribution in [2.45, 2.75) is 31.9 Å². The van der Waals surface area contributed by atoms with Gasteiger partial charge in [0.2, 0.25) is 0 Å². The molecule has 0 radical (unpaired) electrons. The molecule has 22 heavy (non-hydrogen) atoms. The van der Waals surface area contributed by atoms with Crippen LogP contribution in [-0.4, -0.2) is 73.8 Å². The van der Waals surface area contributed by atoms with Gasteiger partial charge < -0.3 is 20.8 Å². The molecule has 4 N–H and O–H groups in total. The van der Waals surface area contributed by atoms with Gasteiger partial charge in [-0.25, -0.2) is 8.42 Å². The molecule has 10 heteroatoms. The maximum Gasteiger partial charge on any atom is 0.307 e. The van der Waals surface area contributed by atoms with Crippen LogP contribution in [0.1, 0.15) is 19.8 Å². The Labute approximate surface area is 156 Å². The van der Waals surface area contributed by atoms with Crippen LogP contribution in [0.25, 0.3) is 0 Å². The van der Waals surface area contributed by atoms with Crippen molar-refractivity contribution in [2.24, 2.45) is 11.7 Å². The number of aliphatic hydroxyl groups excluding tert-OH is 1. The molecule has 134 valence electrons. The van der Waals surface area contributed by atoms with E-state index in [0.717, 1.165) is 0 Å². The van der Waals surface area contributed by atoms with Crippen LogP contribution in [0.5, 0.6) is 0 Å². The number of carboxylic acid groups (broad SMARTS) is 1. The first-order valence-electron chi connectivity index (χ1n) is 6.71. The number of nitrogens with zero attached hydrogens (tertiary/aromatic N) is 1. The molecular weight excluding hydrogens is 538 g/mol. The first kappa shape index (κ1) is 25.0. The molecule has 0 spiro atoms. The molecule has 1 unspecified atom stereocenters. The highest BCUT2D eigenvalue weighted by atomic mass is 128. The highest BCUT2D eigenvalue weighted by Crippen LogP contribution is 2.17. The number of carboxylic acids is 1. The summed E-state index contributed by atoms with van der Waals surface area (Å²) in [5.41, 5.74) is 5.41. The van der Waals surface area contributed by atoms with Crippen LogP contribution in [0.2, 0.25) is 0 Å². The number of halogens is 2. The Kier molecular flexibility index (Phi) is 14.9. The molecule has 1 heterocycles. The Morgan fingerprint density at radius 1 is 1.41 bits per heavy atom. The fourth-order valence-electron chi connectivity index (χ4n) is 1.76. The molecule has 7 nitrogen and oxygen atoms in total. The highest BCUT2D eigenvalue weighted by Gasteiger charge is 2.29. The van der Waals surface area contributed by atoms with Crippen molar-refractivity contribution in [3.63, 3.8) is 0 Å². The molecule has 1 aliphatic rings. The Bertz CT molecular complexity index is 404. The molecule has 1 fully saturated rings. The predicted octanol–water partition coefficient (Wildman–Crippen LogP) is 0.923. The summed E-state index contributed by atoms with van der Waals surface area (Å²) in [6.45, 7) is 2.44. The van der Waals surface area contributed by atoms with Crippen LogP contribution in [0.4, 0.5) is 0 Å². The van der Waals surface area contributed by atoms with E-state index in [2.05, 4.69) is 37.2 Å². The van der Waals surface area contributed by atoms with Crippen molar-refractivity contribution in [3.05, 3.63) is 0 Å². The first-order valence-corrected chi connectivity index (χ1v) is 14.8. The quantitative estimate of drug-likeness (QED) is 0.435. The number of rotatable bonds is 4. The second-order valence-electron chi connectivity index (χ2n) is 5.48. The number of nitrogens with two attached hydrogens (primary N) is 1. The van der Waals surface area contributed by atoms with Gasteiger partial charge in [-0.15, -0.1) is 0 Å². The number of aliphatic hydroxyl groups is 1. The molecule has 3 atom stereocenters. The van der Waals surface area contributed by atoms with E-state index in [1.165, 1.54) is 0 Å². The van der Waals surface area contributed by atoms with Gasteiger partial charge in [0, 0.05) is 49.8 Å². The lowest BCUT2D eigenvalue weighted by molar-refractivity contribution is -0.141. The lowest BCUT2D eigenvalue weighted by atomic mass is 10.1. The SMILES string of the molecule is C[C@H](N)[C@H](O)CN(C)C.II.O=C(O)C1CCCS(=O)(=O)C1. The zero-order valence-corrected chi connectivity index (χ0v) is 18.2. The summed E-state index contributed by atoms with van der Waals surface area (Å²) in [7, 11) is 0.759.